The Balaban J connectivity index is 1.94. The summed E-state index contributed by atoms with van der Waals surface area (Å²) in [5, 5.41) is 45.3. The fourth-order valence-corrected chi connectivity index (χ4v) is 4.22. The number of benzene rings is 3. The molecule has 3 aromatic rings. The van der Waals surface area contributed by atoms with Gasteiger partial charge in [-0.3, -0.25) is 15.6 Å². The van der Waals surface area contributed by atoms with Crippen molar-refractivity contribution in [2.45, 2.75) is 12.8 Å². The molecule has 0 aromatic heterocycles. The van der Waals surface area contributed by atoms with Crippen LogP contribution in [0.15, 0.2) is 95.7 Å². The Morgan fingerprint density at radius 3 is 2.18 bits per heavy atom. The molecule has 4 rings (SSSR count). The van der Waals surface area contributed by atoms with E-state index < -0.39 is 28.9 Å². The number of anilines is 3. The van der Waals surface area contributed by atoms with Gasteiger partial charge in [-0.25, -0.2) is 4.79 Å². The van der Waals surface area contributed by atoms with Gasteiger partial charge in [0, 0.05) is 34.9 Å². The normalized spacial score (nSPS) is 13.1. The summed E-state index contributed by atoms with van der Waals surface area (Å²) in [6.45, 7) is 0.877. The molecule has 0 saturated heterocycles. The lowest BCUT2D eigenvalue weighted by atomic mass is 9.93. The van der Waals surface area contributed by atoms with E-state index in [-0.39, 0.29) is 11.3 Å². The maximum absolute atomic E-state index is 13.5. The largest absolute Gasteiger partial charge is 0.477 e. The molecular formula is C30H26N6O3. The second kappa shape index (κ2) is 12.2. The van der Waals surface area contributed by atoms with Crippen molar-refractivity contribution < 1.29 is 14.7 Å². The van der Waals surface area contributed by atoms with Crippen molar-refractivity contribution in [2.24, 2.45) is 0 Å². The number of allylic oxidation sites excluding steroid dienone is 1. The zero-order valence-electron chi connectivity index (χ0n) is 20.9. The van der Waals surface area contributed by atoms with E-state index in [0.717, 1.165) is 30.6 Å². The first-order valence-electron chi connectivity index (χ1n) is 12.2. The molecule has 1 amide bonds. The van der Waals surface area contributed by atoms with Crippen LogP contribution in [0.5, 0.6) is 0 Å². The zero-order valence-corrected chi connectivity index (χ0v) is 20.9. The summed E-state index contributed by atoms with van der Waals surface area (Å²) in [7, 11) is 0. The fraction of sp³-hybridized carbons (Fsp3) is 0.100. The average molecular weight is 519 g/mol. The number of carboxylic acids is 1. The highest BCUT2D eigenvalue weighted by Gasteiger charge is 2.29. The number of nitrogens with zero attached hydrogens (tertiary/aromatic N) is 1. The van der Waals surface area contributed by atoms with Gasteiger partial charge in [-0.05, 0) is 66.4 Å². The summed E-state index contributed by atoms with van der Waals surface area (Å²) in [5.41, 5.74) is 1.17. The number of fused-ring (bicyclic) bond motifs is 1. The van der Waals surface area contributed by atoms with Crippen molar-refractivity contribution in [1.82, 2.24) is 0 Å². The number of hydrogen-bond acceptors (Lipinski definition) is 7. The van der Waals surface area contributed by atoms with Gasteiger partial charge in [0.05, 0.1) is 5.57 Å². The van der Waals surface area contributed by atoms with Crippen molar-refractivity contribution in [3.63, 3.8) is 0 Å². The summed E-state index contributed by atoms with van der Waals surface area (Å²) in [6, 6.07) is 24.6. The number of aryl methyl sites for hydroxylation is 1. The maximum Gasteiger partial charge on any atom is 0.354 e. The standard InChI is InChI=1S/C30H26N6O3/c31-18-23(32)26(29(37)36-22-11-5-2-6-12-22)27(28(33)30(38)39)25(35-21-9-3-1-4-10-21)17-19-13-14-24-20(16-19)8-7-15-34-24/h1-6,9-14,16-17,32-35H,7-8,15H2,(H,36,37)(H,38,39)/b25-17-,27-26+,32-23?,33-28?. The van der Waals surface area contributed by atoms with Crippen molar-refractivity contribution in [2.75, 3.05) is 22.5 Å². The minimum atomic E-state index is -1.61. The fourth-order valence-electron chi connectivity index (χ4n) is 4.22. The van der Waals surface area contributed by atoms with Gasteiger partial charge in [0.15, 0.2) is 0 Å². The van der Waals surface area contributed by atoms with Crippen LogP contribution < -0.4 is 16.0 Å². The van der Waals surface area contributed by atoms with Gasteiger partial charge in [-0.2, -0.15) is 5.26 Å². The van der Waals surface area contributed by atoms with E-state index in [1.54, 1.807) is 66.7 Å². The van der Waals surface area contributed by atoms with Crippen LogP contribution in [0.25, 0.3) is 6.08 Å². The SMILES string of the molecule is N#CC(=N)/C(C(=O)Nc1ccccc1)=C(C(=N)C(=O)O)/C(=C/c1ccc2c(c1)CCCN2)Nc1ccccc1. The lowest BCUT2D eigenvalue weighted by Gasteiger charge is -2.20. The predicted octanol–water partition coefficient (Wildman–Crippen LogP) is 5.08. The Kier molecular flexibility index (Phi) is 8.29. The summed E-state index contributed by atoms with van der Waals surface area (Å²) in [4.78, 5) is 25.6. The minimum Gasteiger partial charge on any atom is -0.477 e. The number of nitrogens with one attached hydrogen (secondary N) is 5. The molecule has 3 aromatic carbocycles. The second-order valence-corrected chi connectivity index (χ2v) is 8.73. The van der Waals surface area contributed by atoms with Gasteiger partial charge in [-0.15, -0.1) is 0 Å². The molecule has 0 atom stereocenters. The third-order valence-corrected chi connectivity index (χ3v) is 6.04. The van der Waals surface area contributed by atoms with Gasteiger partial charge in [-0.1, -0.05) is 42.5 Å². The summed E-state index contributed by atoms with van der Waals surface area (Å²) >= 11 is 0. The summed E-state index contributed by atoms with van der Waals surface area (Å²) < 4.78 is 0. The zero-order chi connectivity index (χ0) is 27.8. The Morgan fingerprint density at radius 2 is 1.56 bits per heavy atom. The van der Waals surface area contributed by atoms with Crippen molar-refractivity contribution >= 4 is 46.4 Å². The predicted molar refractivity (Wildman–Crippen MR) is 152 cm³/mol. The van der Waals surface area contributed by atoms with E-state index in [0.29, 0.717) is 16.9 Å². The highest BCUT2D eigenvalue weighted by molar-refractivity contribution is 6.46. The topological polar surface area (TPSA) is 162 Å². The maximum atomic E-state index is 13.5. The van der Waals surface area contributed by atoms with Gasteiger partial charge < -0.3 is 21.1 Å². The van der Waals surface area contributed by atoms with Gasteiger partial charge in [0.25, 0.3) is 5.91 Å². The molecule has 0 unspecified atom stereocenters. The van der Waals surface area contributed by atoms with Crippen LogP contribution in [-0.4, -0.2) is 35.0 Å². The molecule has 0 bridgehead atoms. The Morgan fingerprint density at radius 1 is 0.923 bits per heavy atom. The number of carboxylic acid groups (broad SMARTS) is 1. The molecule has 0 spiro atoms. The quantitative estimate of drug-likeness (QED) is 0.131. The average Bonchev–Trinajstić information content (AvgIpc) is 2.95. The number of rotatable bonds is 9. The van der Waals surface area contributed by atoms with Crippen molar-refractivity contribution in [3.05, 3.63) is 107 Å². The third kappa shape index (κ3) is 6.45. The van der Waals surface area contributed by atoms with Crippen LogP contribution in [0.4, 0.5) is 17.1 Å². The summed E-state index contributed by atoms with van der Waals surface area (Å²) in [5.74, 6) is -2.50. The van der Waals surface area contributed by atoms with Crippen LogP contribution >= 0.6 is 0 Å². The van der Waals surface area contributed by atoms with E-state index in [1.165, 1.54) is 0 Å². The molecule has 1 aliphatic heterocycles. The molecule has 0 fully saturated rings. The molecule has 0 saturated carbocycles. The van der Waals surface area contributed by atoms with Crippen LogP contribution in [0.1, 0.15) is 17.5 Å². The molecule has 194 valence electrons. The van der Waals surface area contributed by atoms with Gasteiger partial charge in [0.2, 0.25) is 0 Å². The highest BCUT2D eigenvalue weighted by Crippen LogP contribution is 2.28. The van der Waals surface area contributed by atoms with Crippen molar-refractivity contribution in [1.29, 1.82) is 16.1 Å². The van der Waals surface area contributed by atoms with E-state index in [1.807, 2.05) is 24.3 Å². The molecule has 1 aliphatic rings. The molecule has 1 heterocycles. The number of para-hydroxylation sites is 2. The van der Waals surface area contributed by atoms with E-state index in [9.17, 15) is 20.0 Å². The van der Waals surface area contributed by atoms with Crippen LogP contribution in [0.2, 0.25) is 0 Å². The lowest BCUT2D eigenvalue weighted by molar-refractivity contribution is -0.129. The van der Waals surface area contributed by atoms with Crippen LogP contribution in [0, 0.1) is 22.1 Å². The third-order valence-electron chi connectivity index (χ3n) is 6.04. The highest BCUT2D eigenvalue weighted by atomic mass is 16.4. The Bertz CT molecular complexity index is 1540. The first-order chi connectivity index (χ1) is 18.9. The molecule has 0 radical (unpaired) electrons. The number of nitriles is 1. The van der Waals surface area contributed by atoms with E-state index >= 15 is 0 Å². The van der Waals surface area contributed by atoms with Gasteiger partial charge in [0.1, 0.15) is 17.5 Å². The van der Waals surface area contributed by atoms with E-state index in [4.69, 9.17) is 10.8 Å². The number of hydrogen-bond donors (Lipinski definition) is 6. The van der Waals surface area contributed by atoms with Crippen LogP contribution in [0.3, 0.4) is 0 Å². The second-order valence-electron chi connectivity index (χ2n) is 8.73. The Hall–Kier alpha value is -5.49. The minimum absolute atomic E-state index is 0.0792. The summed E-state index contributed by atoms with van der Waals surface area (Å²) in [6.07, 6.45) is 3.45. The molecule has 9 nitrogen and oxygen atoms in total. The Labute approximate surface area is 225 Å². The first-order valence-corrected chi connectivity index (χ1v) is 12.2. The smallest absolute Gasteiger partial charge is 0.354 e. The number of carbonyl (C=O) groups excluding carboxylic acids is 1. The van der Waals surface area contributed by atoms with Crippen molar-refractivity contribution in [3.8, 4) is 6.07 Å². The first kappa shape index (κ1) is 26.6. The van der Waals surface area contributed by atoms with Gasteiger partial charge >= 0.3 is 5.97 Å². The van der Waals surface area contributed by atoms with E-state index in [2.05, 4.69) is 16.0 Å². The molecule has 6 N–H and O–H groups in total. The number of carbonyl (C=O) groups is 2. The molecular weight excluding hydrogens is 492 g/mol. The number of aliphatic carboxylic acids is 1. The number of amides is 1. The molecule has 39 heavy (non-hydrogen) atoms. The molecule has 9 heteroatoms. The lowest BCUT2D eigenvalue weighted by Crippen LogP contribution is -2.28. The monoisotopic (exact) mass is 518 g/mol. The van der Waals surface area contributed by atoms with Crippen LogP contribution in [-0.2, 0) is 16.0 Å². The molecule has 0 aliphatic carbocycles.